The van der Waals surface area contributed by atoms with Crippen molar-refractivity contribution >= 4 is 33.2 Å². The lowest BCUT2D eigenvalue weighted by atomic mass is 9.96. The lowest BCUT2D eigenvalue weighted by Gasteiger charge is -2.25. The van der Waals surface area contributed by atoms with Gasteiger partial charge < -0.3 is 20.3 Å². The molecule has 0 unspecified atom stereocenters. The van der Waals surface area contributed by atoms with E-state index in [-0.39, 0.29) is 11.4 Å². The van der Waals surface area contributed by atoms with E-state index >= 15 is 0 Å². The molecule has 3 heterocycles. The smallest absolute Gasteiger partial charge is 0.323 e. The van der Waals surface area contributed by atoms with Gasteiger partial charge in [-0.25, -0.2) is 18.2 Å². The van der Waals surface area contributed by atoms with Crippen molar-refractivity contribution in [2.24, 2.45) is 0 Å². The average molecular weight is 590 g/mol. The highest BCUT2D eigenvalue weighted by Crippen LogP contribution is 2.32. The molecule has 2 amide bonds. The van der Waals surface area contributed by atoms with Crippen LogP contribution >= 0.6 is 0 Å². The highest BCUT2D eigenvalue weighted by molar-refractivity contribution is 7.92. The van der Waals surface area contributed by atoms with Crippen molar-refractivity contribution in [3.63, 3.8) is 0 Å². The molecule has 0 aliphatic carbocycles. The normalized spacial score (nSPS) is 13.7. The quantitative estimate of drug-likeness (QED) is 0.260. The van der Waals surface area contributed by atoms with Crippen LogP contribution in [0.25, 0.3) is 11.3 Å². The van der Waals surface area contributed by atoms with Crippen molar-refractivity contribution in [1.29, 1.82) is 0 Å². The van der Waals surface area contributed by atoms with Crippen LogP contribution in [0, 0.1) is 0 Å². The molecule has 3 N–H and O–H groups in total. The number of nitrogens with zero attached hydrogens (tertiary/aromatic N) is 4. The van der Waals surface area contributed by atoms with E-state index < -0.39 is 16.1 Å². The summed E-state index contributed by atoms with van der Waals surface area (Å²) in [6.07, 6.45) is 5.37. The first-order chi connectivity index (χ1) is 19.8. The average Bonchev–Trinajstić information content (AvgIpc) is 3.33. The van der Waals surface area contributed by atoms with Gasteiger partial charge in [-0.1, -0.05) is 12.1 Å². The molecule has 2 aromatic heterocycles. The Labute approximate surface area is 246 Å². The van der Waals surface area contributed by atoms with Crippen LogP contribution in [0.4, 0.5) is 22.0 Å². The summed E-state index contributed by atoms with van der Waals surface area (Å²) in [7, 11) is -1.34. The molecule has 1 aliphatic heterocycles. The minimum absolute atomic E-state index is 0.154. The molecule has 0 fully saturated rings. The maximum atomic E-state index is 13.1. The summed E-state index contributed by atoms with van der Waals surface area (Å²) < 4.78 is 32.9. The predicted molar refractivity (Wildman–Crippen MR) is 165 cm³/mol. The third-order valence-corrected chi connectivity index (χ3v) is 7.28. The summed E-state index contributed by atoms with van der Waals surface area (Å²) in [4.78, 5) is 19.3. The van der Waals surface area contributed by atoms with Gasteiger partial charge >= 0.3 is 6.03 Å². The molecular weight excluding hydrogens is 554 g/mol. The molecule has 4 aromatic rings. The van der Waals surface area contributed by atoms with Gasteiger partial charge in [-0.15, -0.1) is 0 Å². The number of pyridine rings is 1. The molecule has 12 heteroatoms. The van der Waals surface area contributed by atoms with Crippen molar-refractivity contribution in [2.45, 2.75) is 39.3 Å². The van der Waals surface area contributed by atoms with E-state index in [9.17, 15) is 13.2 Å². The molecule has 0 bridgehead atoms. The second kappa shape index (κ2) is 11.5. The zero-order chi connectivity index (χ0) is 30.1. The van der Waals surface area contributed by atoms with Crippen molar-refractivity contribution in [3.8, 4) is 22.8 Å². The number of rotatable bonds is 7. The second-order valence-electron chi connectivity index (χ2n) is 11.4. The van der Waals surface area contributed by atoms with Gasteiger partial charge in [0.15, 0.2) is 0 Å². The van der Waals surface area contributed by atoms with E-state index in [1.807, 2.05) is 10.9 Å². The standard InChI is InChI=1S/C30H35N7O4S/c1-30(2,3)37-19-26(28(34-37)21-7-6-20-13-15-36(4)18-22(20)16-21)33-29(38)32-23-8-10-24(11-9-23)41-25-12-14-31-27(17-25)35-42(5,39)40/h6-12,14,16-17,19H,13,15,18H2,1-5H3,(H,31,35)(H2,32,33,38). The van der Waals surface area contributed by atoms with Crippen LogP contribution in [-0.4, -0.2) is 54.0 Å². The Balaban J connectivity index is 1.29. The monoisotopic (exact) mass is 589 g/mol. The van der Waals surface area contributed by atoms with Crippen molar-refractivity contribution < 1.29 is 17.9 Å². The third kappa shape index (κ3) is 7.25. The van der Waals surface area contributed by atoms with Gasteiger partial charge in [0, 0.05) is 42.8 Å². The maximum absolute atomic E-state index is 13.1. The first-order valence-electron chi connectivity index (χ1n) is 13.5. The number of carbonyl (C=O) groups excluding carboxylic acids is 1. The summed E-state index contributed by atoms with van der Waals surface area (Å²) in [6, 6.07) is 15.9. The van der Waals surface area contributed by atoms with E-state index in [0.29, 0.717) is 28.6 Å². The molecule has 0 atom stereocenters. The summed E-state index contributed by atoms with van der Waals surface area (Å²) in [5.41, 5.74) is 5.20. The Kier molecular flexibility index (Phi) is 7.93. The first kappa shape index (κ1) is 29.1. The fourth-order valence-electron chi connectivity index (χ4n) is 4.62. The Morgan fingerprint density at radius 3 is 2.45 bits per heavy atom. The van der Waals surface area contributed by atoms with Gasteiger partial charge in [0.05, 0.1) is 17.5 Å². The Bertz CT molecular complexity index is 1710. The molecule has 1 aliphatic rings. The van der Waals surface area contributed by atoms with Crippen LogP contribution in [0.2, 0.25) is 0 Å². The van der Waals surface area contributed by atoms with E-state index in [0.717, 1.165) is 31.3 Å². The number of carbonyl (C=O) groups is 1. The van der Waals surface area contributed by atoms with Crippen LogP contribution in [0.3, 0.4) is 0 Å². The van der Waals surface area contributed by atoms with Gasteiger partial charge in [0.25, 0.3) is 0 Å². The van der Waals surface area contributed by atoms with Gasteiger partial charge in [-0.05, 0) is 81.8 Å². The highest BCUT2D eigenvalue weighted by Gasteiger charge is 2.22. The highest BCUT2D eigenvalue weighted by atomic mass is 32.2. The van der Waals surface area contributed by atoms with Gasteiger partial charge in [0.2, 0.25) is 10.0 Å². The van der Waals surface area contributed by atoms with Crippen LogP contribution in [-0.2, 0) is 28.5 Å². The molecule has 11 nitrogen and oxygen atoms in total. The molecule has 0 saturated carbocycles. The molecule has 0 saturated heterocycles. The van der Waals surface area contributed by atoms with Crippen LogP contribution in [0.1, 0.15) is 31.9 Å². The van der Waals surface area contributed by atoms with Crippen molar-refractivity contribution in [1.82, 2.24) is 19.7 Å². The largest absolute Gasteiger partial charge is 0.457 e. The fraction of sp³-hybridized carbons (Fsp3) is 0.300. The Morgan fingerprint density at radius 1 is 0.976 bits per heavy atom. The SMILES string of the molecule is CN1CCc2ccc(-c3nn(C(C)(C)C)cc3NC(=O)Nc3ccc(Oc4ccnc(NS(C)(=O)=O)c4)cc3)cc2C1. The van der Waals surface area contributed by atoms with E-state index in [1.165, 1.54) is 23.4 Å². The number of anilines is 3. The zero-order valence-electron chi connectivity index (χ0n) is 24.3. The summed E-state index contributed by atoms with van der Waals surface area (Å²) in [5, 5.41) is 10.7. The number of sulfonamides is 1. The summed E-state index contributed by atoms with van der Waals surface area (Å²) >= 11 is 0. The molecule has 42 heavy (non-hydrogen) atoms. The predicted octanol–water partition coefficient (Wildman–Crippen LogP) is 5.50. The Morgan fingerprint density at radius 2 is 1.74 bits per heavy atom. The number of benzene rings is 2. The van der Waals surface area contributed by atoms with Gasteiger partial charge in [-0.2, -0.15) is 5.10 Å². The lowest BCUT2D eigenvalue weighted by Crippen LogP contribution is -2.26. The molecule has 2 aromatic carbocycles. The first-order valence-corrected chi connectivity index (χ1v) is 15.4. The fourth-order valence-corrected chi connectivity index (χ4v) is 5.11. The lowest BCUT2D eigenvalue weighted by molar-refractivity contribution is 0.262. The van der Waals surface area contributed by atoms with E-state index in [4.69, 9.17) is 9.84 Å². The summed E-state index contributed by atoms with van der Waals surface area (Å²) in [6.45, 7) is 8.11. The number of hydrogen-bond donors (Lipinski definition) is 3. The van der Waals surface area contributed by atoms with Gasteiger partial charge in [0.1, 0.15) is 23.0 Å². The summed E-state index contributed by atoms with van der Waals surface area (Å²) in [5.74, 6) is 1.07. The molecule has 220 valence electrons. The molecule has 0 spiro atoms. The number of aromatic nitrogens is 3. The van der Waals surface area contributed by atoms with Crippen LogP contribution in [0.5, 0.6) is 11.5 Å². The Hall–Kier alpha value is -4.42. The number of ether oxygens (including phenoxy) is 1. The van der Waals surface area contributed by atoms with E-state index in [1.54, 1.807) is 30.3 Å². The van der Waals surface area contributed by atoms with Crippen molar-refractivity contribution in [2.75, 3.05) is 35.2 Å². The zero-order valence-corrected chi connectivity index (χ0v) is 25.1. The number of hydrogen-bond acceptors (Lipinski definition) is 7. The minimum atomic E-state index is -3.46. The number of fused-ring (bicyclic) bond motifs is 1. The molecular formula is C30H35N7O4S. The molecule has 0 radical (unpaired) electrons. The van der Waals surface area contributed by atoms with Crippen molar-refractivity contribution in [3.05, 3.63) is 78.1 Å². The topological polar surface area (TPSA) is 130 Å². The second-order valence-corrected chi connectivity index (χ2v) is 13.2. The van der Waals surface area contributed by atoms with Crippen LogP contribution in [0.15, 0.2) is 67.0 Å². The number of amides is 2. The third-order valence-electron chi connectivity index (χ3n) is 6.70. The number of nitrogens with one attached hydrogen (secondary N) is 3. The maximum Gasteiger partial charge on any atom is 0.323 e. The minimum Gasteiger partial charge on any atom is -0.457 e. The van der Waals surface area contributed by atoms with Gasteiger partial charge in [-0.3, -0.25) is 9.40 Å². The number of likely N-dealkylation sites (N-methyl/N-ethyl adjacent to an activating group) is 1. The number of urea groups is 1. The molecule has 5 rings (SSSR count). The van der Waals surface area contributed by atoms with Crippen LogP contribution < -0.4 is 20.1 Å². The van der Waals surface area contributed by atoms with E-state index in [2.05, 4.69) is 71.3 Å².